The second-order valence-electron chi connectivity index (χ2n) is 13.8. The molecule has 3 rings (SSSR count). The molecule has 1 fully saturated rings. The maximum Gasteiger partial charge on any atom is 0.192 e. The van der Waals surface area contributed by atoms with Gasteiger partial charge in [-0.2, -0.15) is 0 Å². The van der Waals surface area contributed by atoms with Crippen LogP contribution >= 0.6 is 8.15 Å². The molecule has 0 heterocycles. The molecule has 214 valence electrons. The first-order chi connectivity index (χ1) is 18.0. The van der Waals surface area contributed by atoms with Crippen LogP contribution in [0.1, 0.15) is 54.4 Å². The monoisotopic (exact) mass is 582 g/mol. The van der Waals surface area contributed by atoms with E-state index in [1.807, 2.05) is 0 Å². The van der Waals surface area contributed by atoms with Gasteiger partial charge in [-0.3, -0.25) is 0 Å². The lowest BCUT2D eigenvalue weighted by molar-refractivity contribution is 0.132. The van der Waals surface area contributed by atoms with Crippen molar-refractivity contribution in [2.45, 2.75) is 103 Å². The molecule has 0 unspecified atom stereocenters. The molecule has 0 saturated heterocycles. The summed E-state index contributed by atoms with van der Waals surface area (Å²) in [5.41, 5.74) is 2.46. The van der Waals surface area contributed by atoms with Crippen molar-refractivity contribution in [3.63, 3.8) is 0 Å². The molecule has 0 aromatic heterocycles. The molecule has 1 saturated carbocycles. The predicted octanol–water partition coefficient (Wildman–Crippen LogP) is 9.11. The third-order valence-electron chi connectivity index (χ3n) is 8.77. The third kappa shape index (κ3) is 8.34. The summed E-state index contributed by atoms with van der Waals surface area (Å²) >= 11 is 0. The zero-order valence-corrected chi connectivity index (χ0v) is 28.9. The van der Waals surface area contributed by atoms with E-state index in [4.69, 9.17) is 13.4 Å². The third-order valence-corrected chi connectivity index (χ3v) is 19.7. The van der Waals surface area contributed by atoms with E-state index in [1.54, 1.807) is 0 Å². The van der Waals surface area contributed by atoms with Crippen LogP contribution in [0.4, 0.5) is 0 Å². The van der Waals surface area contributed by atoms with Crippen LogP contribution in [-0.4, -0.2) is 35.4 Å². The highest BCUT2D eigenvalue weighted by molar-refractivity contribution is 7.68. The Balaban J connectivity index is 1.86. The minimum absolute atomic E-state index is 0.0228. The zero-order valence-electron chi connectivity index (χ0n) is 26.0. The van der Waals surface area contributed by atoms with E-state index in [9.17, 15) is 0 Å². The van der Waals surface area contributed by atoms with Crippen molar-refractivity contribution in [2.75, 3.05) is 6.61 Å². The van der Waals surface area contributed by atoms with Gasteiger partial charge < -0.3 is 13.4 Å². The maximum atomic E-state index is 6.98. The predicted molar refractivity (Wildman–Crippen MR) is 176 cm³/mol. The van der Waals surface area contributed by atoms with Gasteiger partial charge in [0.15, 0.2) is 16.6 Å². The second-order valence-corrected chi connectivity index (χ2v) is 25.2. The first kappa shape index (κ1) is 32.2. The van der Waals surface area contributed by atoms with Crippen LogP contribution in [0.15, 0.2) is 84.5 Å². The molecule has 2 aromatic carbocycles. The summed E-state index contributed by atoms with van der Waals surface area (Å²) in [5, 5.41) is 2.73. The molecule has 0 aliphatic heterocycles. The maximum absolute atomic E-state index is 6.98. The fourth-order valence-corrected chi connectivity index (χ4v) is 8.45. The van der Waals surface area contributed by atoms with E-state index < -0.39 is 24.8 Å². The summed E-state index contributed by atoms with van der Waals surface area (Å²) < 4.78 is 20.6. The average molecular weight is 583 g/mol. The highest BCUT2D eigenvalue weighted by atomic mass is 31.1. The summed E-state index contributed by atoms with van der Waals surface area (Å²) in [5.74, 6) is 0. The Labute approximate surface area is 242 Å². The quantitative estimate of drug-likeness (QED) is 0.168. The van der Waals surface area contributed by atoms with Gasteiger partial charge in [0.25, 0.3) is 0 Å². The molecule has 39 heavy (non-hydrogen) atoms. The lowest BCUT2D eigenvalue weighted by Crippen LogP contribution is -2.49. The van der Waals surface area contributed by atoms with E-state index >= 15 is 0 Å². The molecule has 0 spiro atoms. The minimum Gasteiger partial charge on any atom is -0.410 e. The van der Waals surface area contributed by atoms with Gasteiger partial charge in [0.05, 0.1) is 27.0 Å². The fraction of sp³-hybridized carbons (Fsp3) is 0.515. The van der Waals surface area contributed by atoms with Crippen molar-refractivity contribution in [3.05, 3.63) is 84.5 Å². The van der Waals surface area contributed by atoms with Crippen LogP contribution in [0, 0.1) is 0 Å². The Kier molecular flexibility index (Phi) is 10.5. The van der Waals surface area contributed by atoms with Gasteiger partial charge in [-0.05, 0) is 54.7 Å². The largest absolute Gasteiger partial charge is 0.410 e. The van der Waals surface area contributed by atoms with Crippen molar-refractivity contribution in [1.82, 2.24) is 0 Å². The van der Waals surface area contributed by atoms with Crippen LogP contribution in [0.3, 0.4) is 0 Å². The highest BCUT2D eigenvalue weighted by Gasteiger charge is 2.45. The first-order valence-corrected chi connectivity index (χ1v) is 21.3. The van der Waals surface area contributed by atoms with Crippen molar-refractivity contribution in [2.24, 2.45) is 0 Å². The number of hydrogen-bond donors (Lipinski definition) is 0. The topological polar surface area (TPSA) is 27.7 Å². The fourth-order valence-electron chi connectivity index (χ4n) is 4.15. The number of rotatable bonds is 9. The molecule has 2 aromatic rings. The molecule has 6 heteroatoms. The summed E-state index contributed by atoms with van der Waals surface area (Å²) in [6.45, 7) is 28.3. The van der Waals surface area contributed by atoms with E-state index in [1.165, 1.54) is 16.2 Å². The molecule has 3 nitrogen and oxygen atoms in total. The van der Waals surface area contributed by atoms with Crippen LogP contribution in [-0.2, 0) is 13.4 Å². The summed E-state index contributed by atoms with van der Waals surface area (Å²) in [6.07, 6.45) is 3.97. The first-order valence-electron chi connectivity index (χ1n) is 14.3. The highest BCUT2D eigenvalue weighted by Crippen LogP contribution is 2.44. The molecule has 0 N–H and O–H groups in total. The Hall–Kier alpha value is -1.34. The summed E-state index contributed by atoms with van der Waals surface area (Å²) in [7, 11) is -4.87. The van der Waals surface area contributed by atoms with E-state index in [-0.39, 0.29) is 22.3 Å². The van der Waals surface area contributed by atoms with Gasteiger partial charge in [0.1, 0.15) is 0 Å². The standard InChI is InChI=1S/C33H51O3PSi2/c1-26-30(35-38(8,9)32(2,3)4)24-27(25-31(26)36-39(10,11)33(5,6)7)22-23-34-37(28-18-14-12-15-19-28)29-20-16-13-17-21-29/h12-22,30-31H,1,23-25H2,2-11H3/t30-,31+. The van der Waals surface area contributed by atoms with Gasteiger partial charge in [-0.15, -0.1) is 0 Å². The molecular weight excluding hydrogens is 532 g/mol. The SMILES string of the molecule is C=C1[C@@H](O[Si](C)(C)C(C)(C)C)CC(=CCOP(c2ccccc2)c2ccccc2)C[C@H]1O[Si](C)(C)C(C)(C)C. The Morgan fingerprint density at radius 2 is 1.13 bits per heavy atom. The van der Waals surface area contributed by atoms with Crippen LogP contribution < -0.4 is 10.6 Å². The van der Waals surface area contributed by atoms with Crippen molar-refractivity contribution >= 4 is 35.4 Å². The van der Waals surface area contributed by atoms with Gasteiger partial charge in [0, 0.05) is 10.6 Å². The van der Waals surface area contributed by atoms with Gasteiger partial charge >= 0.3 is 0 Å². The minimum atomic E-state index is -1.99. The van der Waals surface area contributed by atoms with Gasteiger partial charge in [-0.25, -0.2) is 0 Å². The number of hydrogen-bond acceptors (Lipinski definition) is 3. The number of benzene rings is 2. The van der Waals surface area contributed by atoms with Crippen LogP contribution in [0.25, 0.3) is 0 Å². The van der Waals surface area contributed by atoms with E-state index in [0.29, 0.717) is 6.61 Å². The molecule has 2 atom stereocenters. The molecule has 1 aliphatic rings. The van der Waals surface area contributed by atoms with Crippen molar-refractivity contribution in [1.29, 1.82) is 0 Å². The molecular formula is C33H51O3PSi2. The Bertz CT molecular complexity index is 1030. The lowest BCUT2D eigenvalue weighted by Gasteiger charge is -2.46. The Morgan fingerprint density at radius 1 is 0.744 bits per heavy atom. The second kappa shape index (κ2) is 12.7. The van der Waals surface area contributed by atoms with E-state index in [2.05, 4.69) is 141 Å². The van der Waals surface area contributed by atoms with Crippen molar-refractivity contribution in [3.8, 4) is 0 Å². The normalized spacial score (nSPS) is 20.6. The molecule has 0 amide bonds. The molecule has 0 radical (unpaired) electrons. The lowest BCUT2D eigenvalue weighted by atomic mass is 9.86. The van der Waals surface area contributed by atoms with Crippen LogP contribution in [0.5, 0.6) is 0 Å². The Morgan fingerprint density at radius 3 is 1.49 bits per heavy atom. The average Bonchev–Trinajstić information content (AvgIpc) is 2.84. The van der Waals surface area contributed by atoms with Crippen molar-refractivity contribution < 1.29 is 13.4 Å². The smallest absolute Gasteiger partial charge is 0.192 e. The molecule has 1 aliphatic carbocycles. The van der Waals surface area contributed by atoms with Gasteiger partial charge in [0.2, 0.25) is 0 Å². The summed E-state index contributed by atoms with van der Waals surface area (Å²) in [4.78, 5) is 0. The molecule has 0 bridgehead atoms. The summed E-state index contributed by atoms with van der Waals surface area (Å²) in [6, 6.07) is 21.2. The zero-order chi connectivity index (χ0) is 29.1. The van der Waals surface area contributed by atoms with E-state index in [0.717, 1.165) is 18.4 Å². The van der Waals surface area contributed by atoms with Crippen LogP contribution in [0.2, 0.25) is 36.3 Å². The van der Waals surface area contributed by atoms with Gasteiger partial charge in [-0.1, -0.05) is 120 Å².